The Kier molecular flexibility index (Phi) is 5.37. The number of nitrogens with zero attached hydrogens (tertiary/aromatic N) is 3. The minimum absolute atomic E-state index is 0.0100. The summed E-state index contributed by atoms with van der Waals surface area (Å²) in [7, 11) is 6.36. The van der Waals surface area contributed by atoms with E-state index in [9.17, 15) is 0 Å². The first-order chi connectivity index (χ1) is 11.7. The molecule has 0 aliphatic carbocycles. The van der Waals surface area contributed by atoms with Gasteiger partial charge in [-0.15, -0.1) is 0 Å². The van der Waals surface area contributed by atoms with Gasteiger partial charge in [0.1, 0.15) is 0 Å². The fourth-order valence-corrected chi connectivity index (χ4v) is 4.97. The van der Waals surface area contributed by atoms with Crippen LogP contribution in [-0.2, 0) is 30.7 Å². The van der Waals surface area contributed by atoms with Crippen molar-refractivity contribution in [1.29, 1.82) is 0 Å². The van der Waals surface area contributed by atoms with Gasteiger partial charge >= 0.3 is 160 Å². The second-order valence-electron chi connectivity index (χ2n) is 7.66. The summed E-state index contributed by atoms with van der Waals surface area (Å²) in [5, 5.41) is 4.60. The molecule has 0 amide bonds. The van der Waals surface area contributed by atoms with Gasteiger partial charge in [0.05, 0.1) is 0 Å². The van der Waals surface area contributed by atoms with Gasteiger partial charge in [-0.25, -0.2) is 0 Å². The van der Waals surface area contributed by atoms with Gasteiger partial charge < -0.3 is 0 Å². The Morgan fingerprint density at radius 3 is 2.52 bits per heavy atom. The second kappa shape index (κ2) is 7.07. The van der Waals surface area contributed by atoms with Crippen molar-refractivity contribution in [3.05, 3.63) is 46.2 Å². The van der Waals surface area contributed by atoms with Gasteiger partial charge in [0.15, 0.2) is 0 Å². The molecule has 1 aliphatic rings. The first-order valence-corrected chi connectivity index (χ1v) is 11.2. The molecule has 3 rings (SSSR count). The van der Waals surface area contributed by atoms with E-state index in [1.807, 2.05) is 43.1 Å². The molecule has 1 aromatic heterocycles. The van der Waals surface area contributed by atoms with Crippen molar-refractivity contribution in [2.24, 2.45) is 0 Å². The molecule has 25 heavy (non-hydrogen) atoms. The van der Waals surface area contributed by atoms with E-state index < -0.39 is 5.79 Å². The van der Waals surface area contributed by atoms with Gasteiger partial charge in [0.2, 0.25) is 0 Å². The summed E-state index contributed by atoms with van der Waals surface area (Å²) in [5.74, 6) is -0.621. The van der Waals surface area contributed by atoms with Crippen molar-refractivity contribution >= 4 is 9.69 Å². The van der Waals surface area contributed by atoms with Gasteiger partial charge in [-0.3, -0.25) is 0 Å². The van der Waals surface area contributed by atoms with E-state index in [0.717, 1.165) is 9.58 Å². The molecule has 1 saturated heterocycles. The predicted octanol–water partition coefficient (Wildman–Crippen LogP) is 4.27. The number of rotatable bonds is 2. The van der Waals surface area contributed by atoms with Crippen LogP contribution in [0.5, 0.6) is 0 Å². The zero-order chi connectivity index (χ0) is 18.2. The van der Waals surface area contributed by atoms with Gasteiger partial charge in [-0.1, -0.05) is 0 Å². The van der Waals surface area contributed by atoms with E-state index in [1.165, 1.54) is 0 Å². The molecule has 1 aliphatic heterocycles. The molecule has 2 heterocycles. The van der Waals surface area contributed by atoms with Crippen LogP contribution in [0.4, 0.5) is 0 Å². The molecule has 0 spiro atoms. The van der Waals surface area contributed by atoms with Crippen LogP contribution < -0.4 is 0 Å². The molecule has 2 aromatic rings. The third kappa shape index (κ3) is 3.97. The van der Waals surface area contributed by atoms with Crippen molar-refractivity contribution in [3.63, 3.8) is 0 Å². The van der Waals surface area contributed by atoms with E-state index in [1.54, 1.807) is 0 Å². The predicted molar refractivity (Wildman–Crippen MR) is 93.6 cm³/mol. The van der Waals surface area contributed by atoms with Gasteiger partial charge in [0.25, 0.3) is 0 Å². The van der Waals surface area contributed by atoms with Crippen molar-refractivity contribution in [3.8, 4) is 0 Å². The maximum absolute atomic E-state index is 6.36. The van der Waals surface area contributed by atoms with Gasteiger partial charge in [-0.2, -0.15) is 0 Å². The number of hydrogen-bond donors (Lipinski definition) is 0. The van der Waals surface area contributed by atoms with Crippen molar-refractivity contribution < 1.29 is 25.2 Å². The summed E-state index contributed by atoms with van der Waals surface area (Å²) in [6.45, 7) is 10.8. The molecule has 0 unspecified atom stereocenters. The molecule has 7 heteroatoms. The third-order valence-electron chi connectivity index (χ3n) is 4.20. The summed E-state index contributed by atoms with van der Waals surface area (Å²) >= 11 is -0.296. The SMILES string of the molecule is CC1(C)OC[C@H](n2cnn(C(C)(C)C)[c]2=[Rh][Cl])[C@H](c2ccccc2)O1. The van der Waals surface area contributed by atoms with Crippen LogP contribution in [0, 0.1) is 4.01 Å². The molecule has 0 saturated carbocycles. The van der Waals surface area contributed by atoms with Gasteiger partial charge in [-0.05, 0) is 0 Å². The van der Waals surface area contributed by atoms with Crippen LogP contribution in [0.2, 0.25) is 0 Å². The maximum atomic E-state index is 6.36. The first-order valence-electron chi connectivity index (χ1n) is 8.31. The number of benzene rings is 1. The Balaban J connectivity index is 2.07. The quantitative estimate of drug-likeness (QED) is 0.638. The Labute approximate surface area is 160 Å². The topological polar surface area (TPSA) is 41.2 Å². The summed E-state index contributed by atoms with van der Waals surface area (Å²) < 4.78 is 17.4. The summed E-state index contributed by atoms with van der Waals surface area (Å²) in [5.41, 5.74) is 1.01. The normalized spacial score (nSPS) is 25.1. The molecule has 0 N–H and O–H groups in total. The fourth-order valence-electron chi connectivity index (χ4n) is 2.97. The third-order valence-corrected chi connectivity index (χ3v) is 5.91. The van der Waals surface area contributed by atoms with E-state index in [4.69, 9.17) is 19.2 Å². The minimum atomic E-state index is -0.621. The van der Waals surface area contributed by atoms with Crippen LogP contribution >= 0.6 is 9.69 Å². The molecular formula is C18H25ClN3O2Rh. The standard InChI is InChI=1S/C18H25N3O2.ClH.Rh/c1-17(2,3)21-13-20(12-19-21)15-11-22-18(4,5)23-16(15)14-9-7-6-8-10-14;;/h6-10,12,15-16H,11H2,1-5H3;1H;/q;;+1/p-1/t15-,16-;;/m0../s1. The zero-order valence-corrected chi connectivity index (χ0v) is 17.6. The Morgan fingerprint density at radius 1 is 1.24 bits per heavy atom. The van der Waals surface area contributed by atoms with E-state index in [2.05, 4.69) is 42.6 Å². The van der Waals surface area contributed by atoms with Crippen LogP contribution in [0.1, 0.15) is 52.3 Å². The molecule has 140 valence electrons. The molecule has 0 bridgehead atoms. The molecule has 1 aromatic carbocycles. The summed E-state index contributed by atoms with van der Waals surface area (Å²) in [4.78, 5) is 0. The van der Waals surface area contributed by atoms with Crippen LogP contribution in [0.25, 0.3) is 0 Å². The Hall–Kier alpha value is -0.807. The zero-order valence-electron chi connectivity index (χ0n) is 15.2. The number of aromatic nitrogens is 3. The average molecular weight is 454 g/mol. The van der Waals surface area contributed by atoms with Crippen LogP contribution in [0.3, 0.4) is 0 Å². The number of ether oxygens (including phenoxy) is 2. The molecule has 5 nitrogen and oxygen atoms in total. The van der Waals surface area contributed by atoms with Crippen LogP contribution in [0.15, 0.2) is 36.7 Å². The van der Waals surface area contributed by atoms with Crippen molar-refractivity contribution in [2.45, 2.75) is 58.1 Å². The van der Waals surface area contributed by atoms with Gasteiger partial charge in [0, 0.05) is 0 Å². The average Bonchev–Trinajstić information content (AvgIpc) is 2.99. The molecule has 2 atom stereocenters. The number of halogens is 1. The summed E-state index contributed by atoms with van der Waals surface area (Å²) in [6.07, 6.45) is 1.74. The Bertz CT molecular complexity index is 793. The molecule has 0 radical (unpaired) electrons. The fraction of sp³-hybridized carbons (Fsp3) is 0.556. The van der Waals surface area contributed by atoms with E-state index in [-0.39, 0.29) is 33.4 Å². The Morgan fingerprint density at radius 2 is 1.92 bits per heavy atom. The van der Waals surface area contributed by atoms with Crippen LogP contribution in [-0.4, -0.2) is 26.7 Å². The van der Waals surface area contributed by atoms with Crippen molar-refractivity contribution in [2.75, 3.05) is 6.61 Å². The van der Waals surface area contributed by atoms with E-state index in [0.29, 0.717) is 6.61 Å². The molecule has 1 fully saturated rings. The first kappa shape index (κ1) is 19.0. The number of hydrogen-bond acceptors (Lipinski definition) is 3. The van der Waals surface area contributed by atoms with Crippen molar-refractivity contribution in [1.82, 2.24) is 14.3 Å². The monoisotopic (exact) mass is 453 g/mol. The second-order valence-corrected chi connectivity index (χ2v) is 9.45. The molecular weight excluding hydrogens is 429 g/mol. The van der Waals surface area contributed by atoms with E-state index >= 15 is 0 Å². The summed E-state index contributed by atoms with van der Waals surface area (Å²) in [6, 6.07) is 10.3.